The molecule has 4 nitrogen and oxygen atoms in total. The van der Waals surface area contributed by atoms with Gasteiger partial charge in [0.05, 0.1) is 6.04 Å². The third-order valence-electron chi connectivity index (χ3n) is 1.78. The fraction of sp³-hybridized carbons (Fsp3) is 0.750. The third-order valence-corrected chi connectivity index (χ3v) is 1.78. The Balaban J connectivity index is 3.73. The number of nitrogens with one attached hydrogen (secondary N) is 2. The maximum atomic E-state index is 10.9. The number of ketones is 1. The predicted molar refractivity (Wildman–Crippen MR) is 46.8 cm³/mol. The lowest BCUT2D eigenvalue weighted by Gasteiger charge is -2.10. The highest BCUT2D eigenvalue weighted by Crippen LogP contribution is 1.97. The highest BCUT2D eigenvalue weighted by molar-refractivity contribution is 5.82. The summed E-state index contributed by atoms with van der Waals surface area (Å²) in [5.41, 5.74) is 0. The summed E-state index contributed by atoms with van der Waals surface area (Å²) in [6, 6.07) is -0.192. The van der Waals surface area contributed by atoms with Crippen LogP contribution >= 0.6 is 0 Å². The number of carbonyl (C=O) groups excluding carboxylic acids is 2. The SMILES string of the molecule is CNC(=O)CCC(NC)C(C)=O. The van der Waals surface area contributed by atoms with E-state index in [1.165, 1.54) is 6.92 Å². The first-order chi connectivity index (χ1) is 5.61. The van der Waals surface area contributed by atoms with Gasteiger partial charge in [0.15, 0.2) is 0 Å². The van der Waals surface area contributed by atoms with Gasteiger partial charge in [-0.15, -0.1) is 0 Å². The van der Waals surface area contributed by atoms with E-state index in [4.69, 9.17) is 0 Å². The van der Waals surface area contributed by atoms with Crippen LogP contribution in [0.1, 0.15) is 19.8 Å². The zero-order chi connectivity index (χ0) is 9.56. The molecule has 4 heteroatoms. The monoisotopic (exact) mass is 172 g/mol. The number of likely N-dealkylation sites (N-methyl/N-ethyl adjacent to an activating group) is 1. The van der Waals surface area contributed by atoms with Crippen LogP contribution in [0.15, 0.2) is 0 Å². The van der Waals surface area contributed by atoms with E-state index in [-0.39, 0.29) is 17.7 Å². The number of rotatable bonds is 5. The Bertz CT molecular complexity index is 168. The molecule has 0 heterocycles. The second-order valence-corrected chi connectivity index (χ2v) is 2.66. The molecule has 70 valence electrons. The fourth-order valence-electron chi connectivity index (χ4n) is 0.951. The Morgan fingerprint density at radius 3 is 2.25 bits per heavy atom. The number of Topliss-reactive ketones (excluding diaryl/α,β-unsaturated/α-hetero) is 1. The summed E-state index contributed by atoms with van der Waals surface area (Å²) in [7, 11) is 3.31. The lowest BCUT2D eigenvalue weighted by atomic mass is 10.1. The van der Waals surface area contributed by atoms with Gasteiger partial charge in [-0.25, -0.2) is 0 Å². The Hall–Kier alpha value is -0.900. The highest BCUT2D eigenvalue weighted by atomic mass is 16.1. The van der Waals surface area contributed by atoms with E-state index in [1.54, 1.807) is 14.1 Å². The topological polar surface area (TPSA) is 58.2 Å². The van der Waals surface area contributed by atoms with Crippen molar-refractivity contribution in [2.45, 2.75) is 25.8 Å². The van der Waals surface area contributed by atoms with Gasteiger partial charge in [0.25, 0.3) is 0 Å². The first-order valence-electron chi connectivity index (χ1n) is 4.00. The molecule has 0 aromatic carbocycles. The first kappa shape index (κ1) is 11.1. The normalized spacial score (nSPS) is 12.2. The predicted octanol–water partition coefficient (Wildman–Crippen LogP) is -0.310. The Labute approximate surface area is 72.7 Å². The molecule has 12 heavy (non-hydrogen) atoms. The summed E-state index contributed by atoms with van der Waals surface area (Å²) < 4.78 is 0. The summed E-state index contributed by atoms with van der Waals surface area (Å²) in [6.45, 7) is 1.52. The van der Waals surface area contributed by atoms with Crippen LogP contribution in [0, 0.1) is 0 Å². The van der Waals surface area contributed by atoms with Gasteiger partial charge in [0.1, 0.15) is 5.78 Å². The van der Waals surface area contributed by atoms with Crippen molar-refractivity contribution in [3.8, 4) is 0 Å². The first-order valence-corrected chi connectivity index (χ1v) is 4.00. The molecule has 0 spiro atoms. The van der Waals surface area contributed by atoms with Crippen LogP contribution in [0.5, 0.6) is 0 Å². The summed E-state index contributed by atoms with van der Waals surface area (Å²) in [6.07, 6.45) is 0.951. The van der Waals surface area contributed by atoms with Crippen LogP contribution in [0.2, 0.25) is 0 Å². The van der Waals surface area contributed by atoms with E-state index in [0.717, 1.165) is 0 Å². The van der Waals surface area contributed by atoms with E-state index < -0.39 is 0 Å². The van der Waals surface area contributed by atoms with Crippen molar-refractivity contribution in [2.24, 2.45) is 0 Å². The van der Waals surface area contributed by atoms with Crippen LogP contribution in [0.25, 0.3) is 0 Å². The maximum absolute atomic E-state index is 10.9. The number of amides is 1. The molecular weight excluding hydrogens is 156 g/mol. The van der Waals surface area contributed by atoms with Crippen LogP contribution in [0.4, 0.5) is 0 Å². The van der Waals surface area contributed by atoms with Gasteiger partial charge in [0, 0.05) is 13.5 Å². The van der Waals surface area contributed by atoms with E-state index >= 15 is 0 Å². The molecule has 0 saturated carbocycles. The molecule has 0 saturated heterocycles. The van der Waals surface area contributed by atoms with Crippen molar-refractivity contribution >= 4 is 11.7 Å². The van der Waals surface area contributed by atoms with Gasteiger partial charge in [-0.2, -0.15) is 0 Å². The minimum absolute atomic E-state index is 0.0310. The molecule has 0 aromatic rings. The molecule has 0 aliphatic carbocycles. The standard InChI is InChI=1S/C8H16N2O2/c1-6(11)7(9-2)4-5-8(12)10-3/h7,9H,4-5H2,1-3H3,(H,10,12). The largest absolute Gasteiger partial charge is 0.359 e. The minimum Gasteiger partial charge on any atom is -0.359 e. The fourth-order valence-corrected chi connectivity index (χ4v) is 0.951. The molecule has 0 fully saturated rings. The number of hydrogen-bond donors (Lipinski definition) is 2. The highest BCUT2D eigenvalue weighted by Gasteiger charge is 2.12. The summed E-state index contributed by atoms with van der Waals surface area (Å²) in [5.74, 6) is 0.0397. The van der Waals surface area contributed by atoms with Gasteiger partial charge >= 0.3 is 0 Å². The number of hydrogen-bond acceptors (Lipinski definition) is 3. The average Bonchev–Trinajstić information content (AvgIpc) is 2.04. The van der Waals surface area contributed by atoms with Crippen molar-refractivity contribution in [1.29, 1.82) is 0 Å². The van der Waals surface area contributed by atoms with Crippen LogP contribution in [-0.4, -0.2) is 31.8 Å². The number of carbonyl (C=O) groups is 2. The smallest absolute Gasteiger partial charge is 0.219 e. The third kappa shape index (κ3) is 4.08. The molecule has 0 rings (SSSR count). The zero-order valence-electron chi connectivity index (χ0n) is 7.81. The van der Waals surface area contributed by atoms with Crippen LogP contribution < -0.4 is 10.6 Å². The van der Waals surface area contributed by atoms with Crippen LogP contribution in [-0.2, 0) is 9.59 Å². The summed E-state index contributed by atoms with van der Waals surface area (Å²) in [5, 5.41) is 5.36. The van der Waals surface area contributed by atoms with Gasteiger partial charge in [-0.05, 0) is 20.4 Å². The Kier molecular flexibility index (Phi) is 5.28. The molecule has 0 bridgehead atoms. The van der Waals surface area contributed by atoms with Gasteiger partial charge in [-0.1, -0.05) is 0 Å². The average molecular weight is 172 g/mol. The summed E-state index contributed by atoms with van der Waals surface area (Å²) in [4.78, 5) is 21.7. The van der Waals surface area contributed by atoms with Crippen molar-refractivity contribution in [1.82, 2.24) is 10.6 Å². The Morgan fingerprint density at radius 1 is 1.33 bits per heavy atom. The minimum atomic E-state index is -0.192. The zero-order valence-corrected chi connectivity index (χ0v) is 7.81. The van der Waals surface area contributed by atoms with Gasteiger partial charge < -0.3 is 10.6 Å². The molecular formula is C8H16N2O2. The molecule has 0 radical (unpaired) electrons. The van der Waals surface area contributed by atoms with Crippen molar-refractivity contribution < 1.29 is 9.59 Å². The molecule has 1 amide bonds. The van der Waals surface area contributed by atoms with E-state index in [2.05, 4.69) is 10.6 Å². The summed E-state index contributed by atoms with van der Waals surface area (Å²) >= 11 is 0. The molecule has 1 unspecified atom stereocenters. The molecule has 1 atom stereocenters. The van der Waals surface area contributed by atoms with Crippen molar-refractivity contribution in [3.05, 3.63) is 0 Å². The Morgan fingerprint density at radius 2 is 1.92 bits per heavy atom. The molecule has 2 N–H and O–H groups in total. The van der Waals surface area contributed by atoms with Crippen molar-refractivity contribution in [3.63, 3.8) is 0 Å². The second-order valence-electron chi connectivity index (χ2n) is 2.66. The van der Waals surface area contributed by atoms with E-state index in [1.807, 2.05) is 0 Å². The van der Waals surface area contributed by atoms with E-state index in [9.17, 15) is 9.59 Å². The second kappa shape index (κ2) is 5.71. The van der Waals surface area contributed by atoms with Gasteiger partial charge in [0.2, 0.25) is 5.91 Å². The lowest BCUT2D eigenvalue weighted by molar-refractivity contribution is -0.121. The maximum Gasteiger partial charge on any atom is 0.219 e. The van der Waals surface area contributed by atoms with Crippen molar-refractivity contribution in [2.75, 3.05) is 14.1 Å². The van der Waals surface area contributed by atoms with Crippen LogP contribution in [0.3, 0.4) is 0 Å². The molecule has 0 aliphatic rings. The molecule has 0 aliphatic heterocycles. The van der Waals surface area contributed by atoms with Gasteiger partial charge in [-0.3, -0.25) is 9.59 Å². The lowest BCUT2D eigenvalue weighted by Crippen LogP contribution is -2.33. The van der Waals surface area contributed by atoms with E-state index in [0.29, 0.717) is 12.8 Å². The molecule has 0 aromatic heterocycles. The quantitative estimate of drug-likeness (QED) is 0.598.